The van der Waals surface area contributed by atoms with Crippen molar-refractivity contribution < 1.29 is 14.8 Å². The summed E-state index contributed by atoms with van der Waals surface area (Å²) in [5, 5.41) is 17.2. The molecule has 0 heterocycles. The molecule has 0 aromatic heterocycles. The molecule has 15 heavy (non-hydrogen) atoms. The van der Waals surface area contributed by atoms with Gasteiger partial charge in [-0.2, -0.15) is 0 Å². The summed E-state index contributed by atoms with van der Waals surface area (Å²) < 4.78 is 0. The molecule has 0 bridgehead atoms. The highest BCUT2D eigenvalue weighted by molar-refractivity contribution is 6.58. The largest absolute Gasteiger partial charge is 0.488 e. The van der Waals surface area contributed by atoms with E-state index in [1.54, 1.807) is 24.3 Å². The van der Waals surface area contributed by atoms with E-state index in [9.17, 15) is 4.79 Å². The second-order valence-corrected chi connectivity index (χ2v) is 2.55. The first-order chi connectivity index (χ1) is 7.07. The minimum absolute atomic E-state index is 0.516. The Morgan fingerprint density at radius 2 is 1.80 bits per heavy atom. The van der Waals surface area contributed by atoms with Gasteiger partial charge >= 0.3 is 7.12 Å². The minimum Gasteiger partial charge on any atom is -0.423 e. The molecule has 0 fully saturated rings. The van der Waals surface area contributed by atoms with Crippen LogP contribution in [0.25, 0.3) is 0 Å². The average molecular weight is 208 g/mol. The number of hydrogen-bond acceptors (Lipinski definition) is 4. The van der Waals surface area contributed by atoms with Crippen molar-refractivity contribution in [3.05, 3.63) is 42.6 Å². The SMILES string of the molecule is NC=CC(N)=O.OB(O)c1ccccc1. The molecule has 0 atom stereocenters. The third-order valence-corrected chi connectivity index (χ3v) is 1.36. The zero-order valence-corrected chi connectivity index (χ0v) is 8.08. The molecule has 80 valence electrons. The van der Waals surface area contributed by atoms with Crippen LogP contribution >= 0.6 is 0 Å². The zero-order chi connectivity index (χ0) is 11.7. The minimum atomic E-state index is -1.34. The van der Waals surface area contributed by atoms with Gasteiger partial charge in [-0.15, -0.1) is 0 Å². The first-order valence-corrected chi connectivity index (χ1v) is 4.16. The van der Waals surface area contributed by atoms with Crippen molar-refractivity contribution in [1.82, 2.24) is 0 Å². The van der Waals surface area contributed by atoms with Gasteiger partial charge in [0.05, 0.1) is 0 Å². The molecule has 0 unspecified atom stereocenters. The van der Waals surface area contributed by atoms with E-state index < -0.39 is 13.0 Å². The van der Waals surface area contributed by atoms with Gasteiger partial charge in [-0.25, -0.2) is 0 Å². The molecule has 1 amide bonds. The van der Waals surface area contributed by atoms with Crippen LogP contribution in [0, 0.1) is 0 Å². The topological polar surface area (TPSA) is 110 Å². The molecule has 5 nitrogen and oxygen atoms in total. The Morgan fingerprint density at radius 1 is 1.27 bits per heavy atom. The predicted molar refractivity (Wildman–Crippen MR) is 58.8 cm³/mol. The van der Waals surface area contributed by atoms with Crippen LogP contribution in [0.4, 0.5) is 0 Å². The van der Waals surface area contributed by atoms with E-state index in [4.69, 9.17) is 15.8 Å². The molecule has 0 aliphatic carbocycles. The maximum absolute atomic E-state index is 9.65. The van der Waals surface area contributed by atoms with E-state index in [1.165, 1.54) is 0 Å². The van der Waals surface area contributed by atoms with Gasteiger partial charge in [0.15, 0.2) is 0 Å². The monoisotopic (exact) mass is 208 g/mol. The van der Waals surface area contributed by atoms with Gasteiger partial charge in [0.25, 0.3) is 0 Å². The predicted octanol–water partition coefficient (Wildman–Crippen LogP) is -1.69. The Balaban J connectivity index is 0.000000288. The van der Waals surface area contributed by atoms with Crippen LogP contribution in [0.15, 0.2) is 42.6 Å². The van der Waals surface area contributed by atoms with Crippen LogP contribution in [-0.4, -0.2) is 23.1 Å². The van der Waals surface area contributed by atoms with Crippen LogP contribution in [0.1, 0.15) is 0 Å². The number of primary amides is 1. The van der Waals surface area contributed by atoms with E-state index >= 15 is 0 Å². The number of hydrogen-bond donors (Lipinski definition) is 4. The van der Waals surface area contributed by atoms with Crippen molar-refractivity contribution in [3.8, 4) is 0 Å². The maximum Gasteiger partial charge on any atom is 0.488 e. The van der Waals surface area contributed by atoms with Crippen molar-refractivity contribution in [1.29, 1.82) is 0 Å². The van der Waals surface area contributed by atoms with Gasteiger partial charge in [-0.05, 0) is 11.7 Å². The highest BCUT2D eigenvalue weighted by atomic mass is 16.4. The van der Waals surface area contributed by atoms with Crippen molar-refractivity contribution in [2.24, 2.45) is 11.5 Å². The van der Waals surface area contributed by atoms with Crippen molar-refractivity contribution in [3.63, 3.8) is 0 Å². The lowest BCUT2D eigenvalue weighted by Crippen LogP contribution is -2.29. The Bertz CT molecular complexity index is 314. The van der Waals surface area contributed by atoms with Gasteiger partial charge < -0.3 is 21.5 Å². The summed E-state index contributed by atoms with van der Waals surface area (Å²) in [5.41, 5.74) is 9.87. The Kier molecular flexibility index (Phi) is 6.70. The average Bonchev–Trinajstić information content (AvgIpc) is 2.20. The molecule has 6 N–H and O–H groups in total. The van der Waals surface area contributed by atoms with Crippen molar-refractivity contribution in [2.75, 3.05) is 0 Å². The van der Waals surface area contributed by atoms with Crippen molar-refractivity contribution >= 4 is 18.5 Å². The molecular formula is C9H13BN2O3. The number of carbonyl (C=O) groups excluding carboxylic acids is 1. The first kappa shape index (κ1) is 13.2. The van der Waals surface area contributed by atoms with E-state index in [1.807, 2.05) is 6.07 Å². The fourth-order valence-electron chi connectivity index (χ4n) is 0.720. The fourth-order valence-corrected chi connectivity index (χ4v) is 0.720. The molecule has 1 aromatic rings. The number of carbonyl (C=O) groups is 1. The molecule has 0 aliphatic heterocycles. The molecule has 0 radical (unpaired) electrons. The van der Waals surface area contributed by atoms with E-state index in [0.717, 1.165) is 12.3 Å². The lowest BCUT2D eigenvalue weighted by Gasteiger charge is -1.94. The van der Waals surface area contributed by atoms with E-state index in [0.29, 0.717) is 5.46 Å². The van der Waals surface area contributed by atoms with Crippen LogP contribution in [0.5, 0.6) is 0 Å². The number of rotatable bonds is 2. The number of nitrogens with two attached hydrogens (primary N) is 2. The molecule has 1 aromatic carbocycles. The van der Waals surface area contributed by atoms with Gasteiger partial charge in [-0.1, -0.05) is 30.3 Å². The van der Waals surface area contributed by atoms with Gasteiger partial charge in [0.1, 0.15) is 0 Å². The van der Waals surface area contributed by atoms with Crippen LogP contribution < -0.4 is 16.9 Å². The quantitative estimate of drug-likeness (QED) is 0.343. The van der Waals surface area contributed by atoms with E-state index in [2.05, 4.69) is 5.73 Å². The Labute approximate surface area is 88.2 Å². The maximum atomic E-state index is 9.65. The lowest BCUT2D eigenvalue weighted by atomic mass is 9.81. The fraction of sp³-hybridized carbons (Fsp3) is 0. The summed E-state index contributed by atoms with van der Waals surface area (Å²) in [4.78, 5) is 9.65. The third kappa shape index (κ3) is 7.30. The number of amides is 1. The second-order valence-electron chi connectivity index (χ2n) is 2.55. The molecule has 0 spiro atoms. The summed E-state index contributed by atoms with van der Waals surface area (Å²) in [7, 11) is -1.34. The summed E-state index contributed by atoms with van der Waals surface area (Å²) in [5.74, 6) is -0.516. The standard InChI is InChI=1S/C6H7BO2.C3H6N2O/c8-7(9)6-4-2-1-3-5-6;4-2-1-3(5)6/h1-5,8-9H;1-2H,4H2,(H2,5,6). The second kappa shape index (κ2) is 7.60. The van der Waals surface area contributed by atoms with Gasteiger partial charge in [0, 0.05) is 6.08 Å². The van der Waals surface area contributed by atoms with Crippen LogP contribution in [-0.2, 0) is 4.79 Å². The lowest BCUT2D eigenvalue weighted by molar-refractivity contribution is -0.113. The van der Waals surface area contributed by atoms with Crippen LogP contribution in [0.3, 0.4) is 0 Å². The Morgan fingerprint density at radius 3 is 2.00 bits per heavy atom. The van der Waals surface area contributed by atoms with Crippen molar-refractivity contribution in [2.45, 2.75) is 0 Å². The van der Waals surface area contributed by atoms with Gasteiger partial charge in [0.2, 0.25) is 5.91 Å². The Hall–Kier alpha value is -1.79. The molecule has 0 saturated heterocycles. The normalized spacial score (nSPS) is 9.20. The summed E-state index contributed by atoms with van der Waals surface area (Å²) in [6, 6.07) is 8.66. The molecule has 1 rings (SSSR count). The first-order valence-electron chi connectivity index (χ1n) is 4.16. The molecule has 0 saturated carbocycles. The highest BCUT2D eigenvalue weighted by Gasteiger charge is 2.07. The summed E-state index contributed by atoms with van der Waals surface area (Å²) in [6.45, 7) is 0. The van der Waals surface area contributed by atoms with Gasteiger partial charge in [-0.3, -0.25) is 4.79 Å². The molecule has 6 heteroatoms. The number of benzene rings is 1. The third-order valence-electron chi connectivity index (χ3n) is 1.36. The molecule has 0 aliphatic rings. The summed E-state index contributed by atoms with van der Waals surface area (Å²) >= 11 is 0. The van der Waals surface area contributed by atoms with Crippen LogP contribution in [0.2, 0.25) is 0 Å². The molecular weight excluding hydrogens is 195 g/mol. The van der Waals surface area contributed by atoms with E-state index in [-0.39, 0.29) is 0 Å². The highest BCUT2D eigenvalue weighted by Crippen LogP contribution is 1.82. The summed E-state index contributed by atoms with van der Waals surface area (Å²) in [6.07, 6.45) is 2.18. The zero-order valence-electron chi connectivity index (χ0n) is 8.08. The smallest absolute Gasteiger partial charge is 0.423 e.